The summed E-state index contributed by atoms with van der Waals surface area (Å²) in [7, 11) is 0. The molecule has 0 aliphatic heterocycles. The van der Waals surface area contributed by atoms with Crippen molar-refractivity contribution in [2.45, 2.75) is 20.4 Å². The van der Waals surface area contributed by atoms with E-state index in [0.29, 0.717) is 23.5 Å². The predicted octanol–water partition coefficient (Wildman–Crippen LogP) is 3.81. The quantitative estimate of drug-likeness (QED) is 0.696. The maximum Gasteiger partial charge on any atom is 0.291 e. The van der Waals surface area contributed by atoms with Gasteiger partial charge in [0, 0.05) is 12.2 Å². The van der Waals surface area contributed by atoms with Gasteiger partial charge in [-0.1, -0.05) is 6.07 Å². The van der Waals surface area contributed by atoms with Crippen LogP contribution < -0.4 is 10.9 Å². The fourth-order valence-electron chi connectivity index (χ4n) is 2.60. The molecule has 0 fully saturated rings. The number of ketones is 1. The van der Waals surface area contributed by atoms with Crippen LogP contribution in [0.15, 0.2) is 46.6 Å². The van der Waals surface area contributed by atoms with Crippen LogP contribution in [-0.4, -0.2) is 15.6 Å². The van der Waals surface area contributed by atoms with Crippen molar-refractivity contribution in [1.82, 2.24) is 9.78 Å². The SMILES string of the molecule is CCn1nc(-c2cccs2)c(C(C)=O)c(Nc2ccc(C#N)cc2)c1=O. The summed E-state index contributed by atoms with van der Waals surface area (Å²) < 4.78 is 1.34. The molecule has 2 aromatic heterocycles. The first kappa shape index (κ1) is 17.6. The molecule has 130 valence electrons. The summed E-state index contributed by atoms with van der Waals surface area (Å²) in [5, 5.41) is 18.3. The predicted molar refractivity (Wildman–Crippen MR) is 102 cm³/mol. The third kappa shape index (κ3) is 3.27. The number of carbonyl (C=O) groups excluding carboxylic acids is 1. The molecule has 0 saturated heterocycles. The van der Waals surface area contributed by atoms with Gasteiger partial charge in [-0.3, -0.25) is 9.59 Å². The van der Waals surface area contributed by atoms with E-state index in [9.17, 15) is 9.59 Å². The fraction of sp³-hybridized carbons (Fsp3) is 0.158. The van der Waals surface area contributed by atoms with Crippen LogP contribution in [0.25, 0.3) is 10.6 Å². The fourth-order valence-corrected chi connectivity index (χ4v) is 3.32. The second-order valence-corrected chi connectivity index (χ2v) is 6.51. The molecular weight excluding hydrogens is 348 g/mol. The Kier molecular flexibility index (Phi) is 4.96. The van der Waals surface area contributed by atoms with Gasteiger partial charge in [0.2, 0.25) is 0 Å². The average Bonchev–Trinajstić information content (AvgIpc) is 3.18. The summed E-state index contributed by atoms with van der Waals surface area (Å²) in [5.74, 6) is -0.239. The number of nitrogens with zero attached hydrogens (tertiary/aromatic N) is 3. The van der Waals surface area contributed by atoms with Crippen molar-refractivity contribution in [3.05, 3.63) is 63.3 Å². The van der Waals surface area contributed by atoms with E-state index < -0.39 is 0 Å². The van der Waals surface area contributed by atoms with Crippen molar-refractivity contribution < 1.29 is 4.79 Å². The van der Waals surface area contributed by atoms with Crippen molar-refractivity contribution in [2.75, 3.05) is 5.32 Å². The van der Waals surface area contributed by atoms with Gasteiger partial charge >= 0.3 is 0 Å². The highest BCUT2D eigenvalue weighted by Crippen LogP contribution is 2.30. The van der Waals surface area contributed by atoms with Crippen molar-refractivity contribution in [3.63, 3.8) is 0 Å². The van der Waals surface area contributed by atoms with E-state index in [4.69, 9.17) is 5.26 Å². The van der Waals surface area contributed by atoms with Crippen molar-refractivity contribution >= 4 is 28.5 Å². The van der Waals surface area contributed by atoms with Crippen molar-refractivity contribution in [1.29, 1.82) is 5.26 Å². The highest BCUT2D eigenvalue weighted by Gasteiger charge is 2.22. The van der Waals surface area contributed by atoms with Gasteiger partial charge in [0.05, 0.1) is 22.1 Å². The number of rotatable bonds is 5. The summed E-state index contributed by atoms with van der Waals surface area (Å²) in [6.07, 6.45) is 0. The molecule has 26 heavy (non-hydrogen) atoms. The largest absolute Gasteiger partial charge is 0.350 e. The molecule has 0 bridgehead atoms. The van der Waals surface area contributed by atoms with Gasteiger partial charge in [0.25, 0.3) is 5.56 Å². The third-order valence-corrected chi connectivity index (χ3v) is 4.72. The first-order valence-electron chi connectivity index (χ1n) is 8.02. The molecule has 3 rings (SSSR count). The van der Waals surface area contributed by atoms with Gasteiger partial charge in [-0.05, 0) is 49.6 Å². The molecule has 1 aromatic carbocycles. The summed E-state index contributed by atoms with van der Waals surface area (Å²) in [6, 6.07) is 12.5. The van der Waals surface area contributed by atoms with Crippen molar-refractivity contribution in [2.24, 2.45) is 0 Å². The molecule has 6 nitrogen and oxygen atoms in total. The number of benzene rings is 1. The maximum absolute atomic E-state index is 12.8. The highest BCUT2D eigenvalue weighted by atomic mass is 32.1. The minimum Gasteiger partial charge on any atom is -0.350 e. The number of Topliss-reactive ketones (excluding diaryl/α,β-unsaturated/α-hetero) is 1. The van der Waals surface area contributed by atoms with Crippen LogP contribution in [0.2, 0.25) is 0 Å². The Balaban J connectivity index is 2.21. The summed E-state index contributed by atoms with van der Waals surface area (Å²) in [5.41, 5.74) is 1.73. The third-order valence-electron chi connectivity index (χ3n) is 3.85. The number of anilines is 2. The van der Waals surface area contributed by atoms with Crippen LogP contribution in [0.3, 0.4) is 0 Å². The Morgan fingerprint density at radius 2 is 2.04 bits per heavy atom. The summed E-state index contributed by atoms with van der Waals surface area (Å²) in [4.78, 5) is 26.0. The second-order valence-electron chi connectivity index (χ2n) is 5.57. The number of hydrogen-bond donors (Lipinski definition) is 1. The molecule has 3 aromatic rings. The Labute approximate surface area is 154 Å². The lowest BCUT2D eigenvalue weighted by Crippen LogP contribution is -2.28. The van der Waals surface area contributed by atoms with Gasteiger partial charge in [0.15, 0.2) is 5.78 Å². The van der Waals surface area contributed by atoms with Crippen LogP contribution in [0.5, 0.6) is 0 Å². The molecular formula is C19H16N4O2S. The van der Waals surface area contributed by atoms with Gasteiger partial charge < -0.3 is 5.32 Å². The zero-order valence-electron chi connectivity index (χ0n) is 14.3. The lowest BCUT2D eigenvalue weighted by molar-refractivity contribution is 0.101. The molecule has 0 atom stereocenters. The molecule has 0 saturated carbocycles. The van der Waals surface area contributed by atoms with Crippen LogP contribution in [0, 0.1) is 11.3 Å². The van der Waals surface area contributed by atoms with E-state index in [1.807, 2.05) is 30.5 Å². The molecule has 2 heterocycles. The number of carbonyl (C=O) groups is 1. The number of thiophene rings is 1. The van der Waals surface area contributed by atoms with Crippen LogP contribution in [0.1, 0.15) is 29.8 Å². The zero-order chi connectivity index (χ0) is 18.7. The minimum absolute atomic E-state index is 0.197. The lowest BCUT2D eigenvalue weighted by Gasteiger charge is -2.15. The van der Waals surface area contributed by atoms with Gasteiger partial charge in [-0.25, -0.2) is 4.68 Å². The second kappa shape index (κ2) is 7.33. The molecule has 0 unspecified atom stereocenters. The van der Waals surface area contributed by atoms with E-state index in [1.54, 1.807) is 24.3 Å². The molecule has 0 aliphatic carbocycles. The monoisotopic (exact) mass is 364 g/mol. The number of aromatic nitrogens is 2. The van der Waals surface area contributed by atoms with Crippen LogP contribution >= 0.6 is 11.3 Å². The molecule has 0 amide bonds. The number of hydrogen-bond acceptors (Lipinski definition) is 6. The Morgan fingerprint density at radius 3 is 2.58 bits per heavy atom. The van der Waals surface area contributed by atoms with Crippen LogP contribution in [-0.2, 0) is 6.54 Å². The maximum atomic E-state index is 12.8. The number of aryl methyl sites for hydroxylation is 1. The van der Waals surface area contributed by atoms with E-state index in [-0.39, 0.29) is 22.6 Å². The summed E-state index contributed by atoms with van der Waals surface area (Å²) >= 11 is 1.46. The van der Waals surface area contributed by atoms with Gasteiger partial charge in [-0.15, -0.1) is 11.3 Å². The van der Waals surface area contributed by atoms with Crippen LogP contribution in [0.4, 0.5) is 11.4 Å². The van der Waals surface area contributed by atoms with Crippen molar-refractivity contribution in [3.8, 4) is 16.6 Å². The highest BCUT2D eigenvalue weighted by molar-refractivity contribution is 7.13. The molecule has 7 heteroatoms. The molecule has 0 radical (unpaired) electrons. The molecule has 0 spiro atoms. The Hall–Kier alpha value is -3.24. The molecule has 0 aliphatic rings. The van der Waals surface area contributed by atoms with Gasteiger partial charge in [-0.2, -0.15) is 10.4 Å². The first-order valence-corrected chi connectivity index (χ1v) is 8.90. The average molecular weight is 364 g/mol. The lowest BCUT2D eigenvalue weighted by atomic mass is 10.1. The standard InChI is InChI=1S/C19H16N4O2S/c1-3-23-19(25)18(21-14-8-6-13(11-20)7-9-14)16(12(2)24)17(22-23)15-5-4-10-26-15/h4-10,21H,3H2,1-2H3. The number of nitriles is 1. The van der Waals surface area contributed by atoms with E-state index in [0.717, 1.165) is 4.88 Å². The first-order chi connectivity index (χ1) is 12.5. The molecule has 1 N–H and O–H groups in total. The zero-order valence-corrected chi connectivity index (χ0v) is 15.1. The normalized spacial score (nSPS) is 10.3. The van der Waals surface area contributed by atoms with Gasteiger partial charge in [0.1, 0.15) is 11.4 Å². The van der Waals surface area contributed by atoms with E-state index in [1.165, 1.54) is 22.9 Å². The smallest absolute Gasteiger partial charge is 0.291 e. The number of nitrogens with one attached hydrogen (secondary N) is 1. The van der Waals surface area contributed by atoms with E-state index >= 15 is 0 Å². The topological polar surface area (TPSA) is 87.8 Å². The summed E-state index contributed by atoms with van der Waals surface area (Å²) in [6.45, 7) is 3.64. The van der Waals surface area contributed by atoms with E-state index in [2.05, 4.69) is 10.4 Å². The Bertz CT molecular complexity index is 1040. The minimum atomic E-state index is -0.359. The Morgan fingerprint density at radius 1 is 1.31 bits per heavy atom.